The molecule has 0 aromatic rings. The average molecular weight is 255 g/mol. The van der Waals surface area contributed by atoms with Gasteiger partial charge in [-0.1, -0.05) is 20.8 Å². The summed E-state index contributed by atoms with van der Waals surface area (Å²) in [5.41, 5.74) is 5.50. The van der Waals surface area contributed by atoms with Crippen molar-refractivity contribution in [1.82, 2.24) is 9.80 Å². The second-order valence-corrected chi connectivity index (χ2v) is 5.70. The van der Waals surface area contributed by atoms with Crippen LogP contribution in [-0.2, 0) is 4.79 Å². The van der Waals surface area contributed by atoms with Crippen LogP contribution in [0.4, 0.5) is 0 Å². The predicted molar refractivity (Wildman–Crippen MR) is 75.3 cm³/mol. The van der Waals surface area contributed by atoms with Crippen LogP contribution in [0.2, 0.25) is 0 Å². The second kappa shape index (κ2) is 7.74. The summed E-state index contributed by atoms with van der Waals surface area (Å²) in [6.07, 6.45) is 2.27. The largest absolute Gasteiger partial charge is 0.340 e. The zero-order valence-electron chi connectivity index (χ0n) is 12.2. The minimum Gasteiger partial charge on any atom is -0.340 e. The molecular weight excluding hydrogens is 226 g/mol. The van der Waals surface area contributed by atoms with Gasteiger partial charge in [0.2, 0.25) is 5.91 Å². The lowest BCUT2D eigenvalue weighted by atomic mass is 9.96. The van der Waals surface area contributed by atoms with Gasteiger partial charge in [0.1, 0.15) is 0 Å². The molecule has 1 fully saturated rings. The number of amides is 1. The molecular formula is C14H29N3O. The summed E-state index contributed by atoms with van der Waals surface area (Å²) < 4.78 is 0. The van der Waals surface area contributed by atoms with Crippen molar-refractivity contribution in [2.24, 2.45) is 17.6 Å². The van der Waals surface area contributed by atoms with E-state index in [0.717, 1.165) is 45.7 Å². The third-order valence-corrected chi connectivity index (χ3v) is 4.00. The van der Waals surface area contributed by atoms with E-state index >= 15 is 0 Å². The van der Waals surface area contributed by atoms with E-state index in [4.69, 9.17) is 5.73 Å². The van der Waals surface area contributed by atoms with Crippen molar-refractivity contribution in [2.45, 2.75) is 33.6 Å². The van der Waals surface area contributed by atoms with E-state index in [9.17, 15) is 4.79 Å². The molecule has 1 saturated heterocycles. The Morgan fingerprint density at radius 3 is 2.22 bits per heavy atom. The molecule has 0 aromatic carbocycles. The number of unbranched alkanes of at least 4 members (excludes halogenated alkanes) is 1. The molecule has 1 unspecified atom stereocenters. The molecule has 0 saturated carbocycles. The number of nitrogens with two attached hydrogens (primary N) is 1. The molecule has 18 heavy (non-hydrogen) atoms. The zero-order chi connectivity index (χ0) is 13.5. The van der Waals surface area contributed by atoms with Gasteiger partial charge >= 0.3 is 0 Å². The summed E-state index contributed by atoms with van der Waals surface area (Å²) in [5.74, 6) is 0.903. The summed E-state index contributed by atoms with van der Waals surface area (Å²) in [7, 11) is 0. The summed E-state index contributed by atoms with van der Waals surface area (Å²) in [5, 5.41) is 0. The van der Waals surface area contributed by atoms with E-state index in [1.807, 2.05) is 11.8 Å². The van der Waals surface area contributed by atoms with Crippen LogP contribution in [0.3, 0.4) is 0 Å². The molecule has 2 N–H and O–H groups in total. The number of carbonyl (C=O) groups excluding carboxylic acids is 1. The molecule has 1 rings (SSSR count). The number of nitrogens with zero attached hydrogens (tertiary/aromatic N) is 2. The fourth-order valence-corrected chi connectivity index (χ4v) is 2.24. The maximum absolute atomic E-state index is 12.2. The normalized spacial score (nSPS) is 19.3. The Kier molecular flexibility index (Phi) is 6.65. The third kappa shape index (κ3) is 4.58. The molecule has 0 spiro atoms. The van der Waals surface area contributed by atoms with Gasteiger partial charge in [0, 0.05) is 32.1 Å². The molecule has 0 aromatic heterocycles. The van der Waals surface area contributed by atoms with E-state index in [1.165, 1.54) is 6.42 Å². The topological polar surface area (TPSA) is 49.6 Å². The van der Waals surface area contributed by atoms with Crippen molar-refractivity contribution in [2.75, 3.05) is 39.3 Å². The number of carbonyl (C=O) groups is 1. The lowest BCUT2D eigenvalue weighted by Gasteiger charge is -2.36. The molecule has 1 aliphatic rings. The quantitative estimate of drug-likeness (QED) is 0.725. The van der Waals surface area contributed by atoms with Gasteiger partial charge in [-0.2, -0.15) is 0 Å². The van der Waals surface area contributed by atoms with Crippen LogP contribution < -0.4 is 5.73 Å². The van der Waals surface area contributed by atoms with Crippen LogP contribution in [0.15, 0.2) is 0 Å². The van der Waals surface area contributed by atoms with E-state index in [1.54, 1.807) is 0 Å². The fraction of sp³-hybridized carbons (Fsp3) is 0.929. The van der Waals surface area contributed by atoms with Crippen LogP contribution in [0.1, 0.15) is 33.6 Å². The first-order chi connectivity index (χ1) is 8.56. The highest BCUT2D eigenvalue weighted by Gasteiger charge is 2.25. The number of hydrogen-bond donors (Lipinski definition) is 1. The first kappa shape index (κ1) is 15.4. The first-order valence-electron chi connectivity index (χ1n) is 7.27. The fourth-order valence-electron chi connectivity index (χ4n) is 2.24. The lowest BCUT2D eigenvalue weighted by Crippen LogP contribution is -2.50. The standard InChI is InChI=1S/C14H29N3O/c1-12(2)13(3)14(18)17-10-8-16(9-11-17)7-5-4-6-15/h12-13H,4-11,15H2,1-3H3. The predicted octanol–water partition coefficient (Wildman–Crippen LogP) is 1.16. The Hall–Kier alpha value is -0.610. The molecule has 1 amide bonds. The Morgan fingerprint density at radius 2 is 1.72 bits per heavy atom. The van der Waals surface area contributed by atoms with Crippen LogP contribution >= 0.6 is 0 Å². The summed E-state index contributed by atoms with van der Waals surface area (Å²) in [6.45, 7) is 12.0. The van der Waals surface area contributed by atoms with Gasteiger partial charge in [-0.3, -0.25) is 9.69 Å². The maximum Gasteiger partial charge on any atom is 0.225 e. The average Bonchev–Trinajstić information content (AvgIpc) is 2.38. The highest BCUT2D eigenvalue weighted by atomic mass is 16.2. The van der Waals surface area contributed by atoms with Gasteiger partial charge in [0.25, 0.3) is 0 Å². The minimum absolute atomic E-state index is 0.147. The number of hydrogen-bond acceptors (Lipinski definition) is 3. The van der Waals surface area contributed by atoms with E-state index in [-0.39, 0.29) is 5.92 Å². The first-order valence-corrected chi connectivity index (χ1v) is 7.27. The van der Waals surface area contributed by atoms with Crippen molar-refractivity contribution in [3.63, 3.8) is 0 Å². The van der Waals surface area contributed by atoms with Crippen LogP contribution in [0.5, 0.6) is 0 Å². The highest BCUT2D eigenvalue weighted by Crippen LogP contribution is 2.15. The SMILES string of the molecule is CC(C)C(C)C(=O)N1CCN(CCCCN)CC1. The molecule has 1 aliphatic heterocycles. The zero-order valence-corrected chi connectivity index (χ0v) is 12.2. The van der Waals surface area contributed by atoms with Crippen molar-refractivity contribution < 1.29 is 4.79 Å². The monoisotopic (exact) mass is 255 g/mol. The van der Waals surface area contributed by atoms with Gasteiger partial charge in [0.15, 0.2) is 0 Å². The Balaban J connectivity index is 2.28. The Bertz CT molecular complexity index is 247. The summed E-state index contributed by atoms with van der Waals surface area (Å²) in [6, 6.07) is 0. The molecule has 0 aliphatic carbocycles. The Labute approximate surface area is 111 Å². The molecule has 0 radical (unpaired) electrons. The smallest absolute Gasteiger partial charge is 0.225 e. The molecule has 1 atom stereocenters. The molecule has 106 valence electrons. The maximum atomic E-state index is 12.2. The van der Waals surface area contributed by atoms with Gasteiger partial charge in [-0.05, 0) is 31.8 Å². The Morgan fingerprint density at radius 1 is 1.11 bits per heavy atom. The van der Waals surface area contributed by atoms with Gasteiger partial charge in [-0.15, -0.1) is 0 Å². The van der Waals surface area contributed by atoms with Crippen molar-refractivity contribution in [1.29, 1.82) is 0 Å². The second-order valence-electron chi connectivity index (χ2n) is 5.70. The number of rotatable bonds is 6. The van der Waals surface area contributed by atoms with Gasteiger partial charge in [0.05, 0.1) is 0 Å². The third-order valence-electron chi connectivity index (χ3n) is 4.00. The molecule has 4 heteroatoms. The molecule has 1 heterocycles. The van der Waals surface area contributed by atoms with Gasteiger partial charge in [-0.25, -0.2) is 0 Å². The van der Waals surface area contributed by atoms with Crippen LogP contribution in [-0.4, -0.2) is 55.0 Å². The van der Waals surface area contributed by atoms with Crippen molar-refractivity contribution in [3.05, 3.63) is 0 Å². The van der Waals surface area contributed by atoms with E-state index in [0.29, 0.717) is 11.8 Å². The van der Waals surface area contributed by atoms with E-state index in [2.05, 4.69) is 18.7 Å². The van der Waals surface area contributed by atoms with Crippen molar-refractivity contribution in [3.8, 4) is 0 Å². The molecule has 0 bridgehead atoms. The van der Waals surface area contributed by atoms with Crippen LogP contribution in [0, 0.1) is 11.8 Å². The van der Waals surface area contributed by atoms with E-state index < -0.39 is 0 Å². The summed E-state index contributed by atoms with van der Waals surface area (Å²) >= 11 is 0. The number of piperazine rings is 1. The lowest BCUT2D eigenvalue weighted by molar-refractivity contribution is -0.138. The highest BCUT2D eigenvalue weighted by molar-refractivity contribution is 5.78. The minimum atomic E-state index is 0.147. The van der Waals surface area contributed by atoms with Crippen LogP contribution in [0.25, 0.3) is 0 Å². The van der Waals surface area contributed by atoms with Gasteiger partial charge < -0.3 is 10.6 Å². The molecule has 4 nitrogen and oxygen atoms in total. The summed E-state index contributed by atoms with van der Waals surface area (Å²) in [4.78, 5) is 16.7. The van der Waals surface area contributed by atoms with Crippen molar-refractivity contribution >= 4 is 5.91 Å².